The van der Waals surface area contributed by atoms with Crippen LogP contribution in [0.4, 0.5) is 5.69 Å². The van der Waals surface area contributed by atoms with E-state index in [1.165, 1.54) is 0 Å². The number of fused-ring (bicyclic) bond motifs is 1. The Bertz CT molecular complexity index is 885. The first-order valence-corrected chi connectivity index (χ1v) is 9.84. The minimum Gasteiger partial charge on any atom is -0.491 e. The molecule has 25 heavy (non-hydrogen) atoms. The van der Waals surface area contributed by atoms with Gasteiger partial charge in [-0.2, -0.15) is 0 Å². The molecule has 0 radical (unpaired) electrons. The van der Waals surface area contributed by atoms with Crippen molar-refractivity contribution in [1.82, 2.24) is 9.97 Å². The lowest BCUT2D eigenvalue weighted by Gasteiger charge is -2.27. The third-order valence-electron chi connectivity index (χ3n) is 4.47. The molecule has 1 aromatic carbocycles. The molecule has 1 aliphatic rings. The van der Waals surface area contributed by atoms with E-state index in [0.717, 1.165) is 50.8 Å². The average molecular weight is 463 g/mol. The Morgan fingerprint density at radius 1 is 1.08 bits per heavy atom. The Kier molecular flexibility index (Phi) is 4.90. The largest absolute Gasteiger partial charge is 0.491 e. The maximum Gasteiger partial charge on any atom is 0.119 e. The van der Waals surface area contributed by atoms with Gasteiger partial charge in [0.2, 0.25) is 0 Å². The van der Waals surface area contributed by atoms with Gasteiger partial charge in [0.15, 0.2) is 0 Å². The highest BCUT2D eigenvalue weighted by Gasteiger charge is 2.27. The van der Waals surface area contributed by atoms with Gasteiger partial charge in [0.05, 0.1) is 17.2 Å². The summed E-state index contributed by atoms with van der Waals surface area (Å²) in [7, 11) is 0. The Morgan fingerprint density at radius 3 is 2.76 bits per heavy atom. The zero-order valence-corrected chi connectivity index (χ0v) is 16.7. The molecule has 1 atom stereocenters. The second-order valence-corrected chi connectivity index (χ2v) is 7.94. The van der Waals surface area contributed by atoms with Crippen LogP contribution in [0.15, 0.2) is 57.7 Å². The molecule has 4 rings (SSSR count). The quantitative estimate of drug-likeness (QED) is 0.533. The normalized spacial score (nSPS) is 17.2. The van der Waals surface area contributed by atoms with E-state index in [1.54, 1.807) is 0 Å². The Hall–Kier alpha value is -1.66. The number of halogens is 2. The smallest absolute Gasteiger partial charge is 0.119 e. The number of rotatable bonds is 4. The molecule has 0 N–H and O–H groups in total. The molecule has 1 saturated heterocycles. The van der Waals surface area contributed by atoms with Gasteiger partial charge < -0.3 is 9.64 Å². The van der Waals surface area contributed by atoms with Crippen LogP contribution in [0.2, 0.25) is 0 Å². The number of aromatic nitrogens is 2. The van der Waals surface area contributed by atoms with Crippen LogP contribution in [0.5, 0.6) is 5.75 Å². The SMILES string of the molecule is Brc1ccc(OC[C@@H]2CCCN2c2ccnc3cc(Br)cnc23)cc1. The van der Waals surface area contributed by atoms with Crippen LogP contribution in [0.25, 0.3) is 11.0 Å². The van der Waals surface area contributed by atoms with Gasteiger partial charge in [-0.25, -0.2) is 0 Å². The predicted octanol–water partition coefficient (Wildman–Crippen LogP) is 5.20. The second kappa shape index (κ2) is 7.30. The maximum absolute atomic E-state index is 6.02. The van der Waals surface area contributed by atoms with E-state index in [-0.39, 0.29) is 0 Å². The topological polar surface area (TPSA) is 38.2 Å². The zero-order chi connectivity index (χ0) is 17.2. The molecule has 1 aliphatic heterocycles. The van der Waals surface area contributed by atoms with Crippen LogP contribution in [0.1, 0.15) is 12.8 Å². The van der Waals surface area contributed by atoms with Crippen LogP contribution in [0.3, 0.4) is 0 Å². The van der Waals surface area contributed by atoms with E-state index in [0.29, 0.717) is 12.6 Å². The van der Waals surface area contributed by atoms with Gasteiger partial charge in [-0.3, -0.25) is 9.97 Å². The summed E-state index contributed by atoms with van der Waals surface area (Å²) in [5.41, 5.74) is 2.99. The van der Waals surface area contributed by atoms with Crippen molar-refractivity contribution in [3.63, 3.8) is 0 Å². The third kappa shape index (κ3) is 3.65. The molecule has 0 amide bonds. The van der Waals surface area contributed by atoms with Gasteiger partial charge in [-0.1, -0.05) is 15.9 Å². The van der Waals surface area contributed by atoms with Crippen molar-refractivity contribution >= 4 is 48.6 Å². The lowest BCUT2D eigenvalue weighted by Crippen LogP contribution is -2.34. The Labute approximate surface area is 163 Å². The lowest BCUT2D eigenvalue weighted by molar-refractivity contribution is 0.288. The monoisotopic (exact) mass is 461 g/mol. The van der Waals surface area contributed by atoms with E-state index < -0.39 is 0 Å². The number of ether oxygens (including phenoxy) is 1. The van der Waals surface area contributed by atoms with Crippen LogP contribution >= 0.6 is 31.9 Å². The fourth-order valence-electron chi connectivity index (χ4n) is 3.27. The van der Waals surface area contributed by atoms with Gasteiger partial charge in [0.25, 0.3) is 0 Å². The van der Waals surface area contributed by atoms with E-state index in [1.807, 2.05) is 42.7 Å². The maximum atomic E-state index is 6.02. The molecule has 0 spiro atoms. The number of nitrogens with zero attached hydrogens (tertiary/aromatic N) is 3. The van der Waals surface area contributed by atoms with Gasteiger partial charge in [0, 0.05) is 27.9 Å². The van der Waals surface area contributed by atoms with Crippen molar-refractivity contribution in [3.8, 4) is 5.75 Å². The fraction of sp³-hybridized carbons (Fsp3) is 0.263. The molecule has 0 saturated carbocycles. The van der Waals surface area contributed by atoms with Crippen molar-refractivity contribution in [1.29, 1.82) is 0 Å². The molecule has 0 bridgehead atoms. The van der Waals surface area contributed by atoms with Gasteiger partial charge in [-0.05, 0) is 65.2 Å². The molecule has 3 aromatic rings. The minimum absolute atomic E-state index is 0.347. The first-order chi connectivity index (χ1) is 12.2. The third-order valence-corrected chi connectivity index (χ3v) is 5.43. The Balaban J connectivity index is 1.56. The summed E-state index contributed by atoms with van der Waals surface area (Å²) >= 11 is 6.92. The second-order valence-electron chi connectivity index (χ2n) is 6.11. The fourth-order valence-corrected chi connectivity index (χ4v) is 3.86. The highest BCUT2D eigenvalue weighted by atomic mass is 79.9. The lowest BCUT2D eigenvalue weighted by atomic mass is 10.2. The van der Waals surface area contributed by atoms with E-state index in [4.69, 9.17) is 4.74 Å². The highest BCUT2D eigenvalue weighted by Crippen LogP contribution is 2.31. The van der Waals surface area contributed by atoms with Crippen molar-refractivity contribution in [2.24, 2.45) is 0 Å². The van der Waals surface area contributed by atoms with E-state index in [9.17, 15) is 0 Å². The van der Waals surface area contributed by atoms with Crippen molar-refractivity contribution < 1.29 is 4.74 Å². The summed E-state index contributed by atoms with van der Waals surface area (Å²) in [5, 5.41) is 0. The first-order valence-electron chi connectivity index (χ1n) is 8.26. The molecule has 1 fully saturated rings. The first kappa shape index (κ1) is 16.8. The minimum atomic E-state index is 0.347. The molecular weight excluding hydrogens is 446 g/mol. The van der Waals surface area contributed by atoms with Gasteiger partial charge >= 0.3 is 0 Å². The molecule has 0 unspecified atom stereocenters. The predicted molar refractivity (Wildman–Crippen MR) is 107 cm³/mol. The number of hydrogen-bond donors (Lipinski definition) is 0. The van der Waals surface area contributed by atoms with E-state index >= 15 is 0 Å². The summed E-state index contributed by atoms with van der Waals surface area (Å²) in [6.45, 7) is 1.69. The molecule has 6 heteroatoms. The van der Waals surface area contributed by atoms with Crippen LogP contribution < -0.4 is 9.64 Å². The number of anilines is 1. The summed E-state index contributed by atoms with van der Waals surface area (Å²) in [4.78, 5) is 11.4. The molecule has 4 nitrogen and oxygen atoms in total. The zero-order valence-electron chi connectivity index (χ0n) is 13.5. The molecule has 0 aliphatic carbocycles. The van der Waals surface area contributed by atoms with Crippen molar-refractivity contribution in [2.75, 3.05) is 18.1 Å². The number of pyridine rings is 2. The van der Waals surface area contributed by atoms with Crippen molar-refractivity contribution in [3.05, 3.63) is 57.7 Å². The number of benzene rings is 1. The summed E-state index contributed by atoms with van der Waals surface area (Å²) < 4.78 is 8.03. The standard InChI is InChI=1S/C19H17Br2N3O/c20-13-3-5-16(6-4-13)25-12-15-2-1-9-24(15)18-7-8-22-17-10-14(21)11-23-19(17)18/h3-8,10-11,15H,1-2,9,12H2/t15-/m0/s1. The summed E-state index contributed by atoms with van der Waals surface area (Å²) in [6, 6.07) is 12.4. The Morgan fingerprint density at radius 2 is 1.92 bits per heavy atom. The van der Waals surface area contributed by atoms with E-state index in [2.05, 4.69) is 52.8 Å². The molecule has 3 heterocycles. The average Bonchev–Trinajstić information content (AvgIpc) is 3.09. The van der Waals surface area contributed by atoms with Crippen LogP contribution in [-0.4, -0.2) is 29.2 Å². The number of hydrogen-bond acceptors (Lipinski definition) is 4. The van der Waals surface area contributed by atoms with Gasteiger partial charge in [-0.15, -0.1) is 0 Å². The summed E-state index contributed by atoms with van der Waals surface area (Å²) in [6.07, 6.45) is 5.97. The summed E-state index contributed by atoms with van der Waals surface area (Å²) in [5.74, 6) is 0.900. The molecule has 2 aromatic heterocycles. The van der Waals surface area contributed by atoms with Crippen LogP contribution in [0, 0.1) is 0 Å². The van der Waals surface area contributed by atoms with Gasteiger partial charge in [0.1, 0.15) is 17.9 Å². The van der Waals surface area contributed by atoms with Crippen LogP contribution in [-0.2, 0) is 0 Å². The van der Waals surface area contributed by atoms with Crippen molar-refractivity contribution in [2.45, 2.75) is 18.9 Å². The molecule has 128 valence electrons. The highest BCUT2D eigenvalue weighted by molar-refractivity contribution is 9.10. The molecular formula is C19H17Br2N3O.